The molecule has 8 aliphatic carbocycles. The number of nitrogens with two attached hydrogens (primary N) is 1. The molecule has 4 aromatic carbocycles. The Morgan fingerprint density at radius 3 is 1.23 bits per heavy atom. The number of carboxylic acid groups (broad SMARTS) is 1. The smallest absolute Gasteiger partial charge is 0.326 e. The van der Waals surface area contributed by atoms with Crippen molar-refractivity contribution in [2.24, 2.45) is 62.9 Å². The first kappa shape index (κ1) is 118. The van der Waals surface area contributed by atoms with E-state index >= 15 is 0 Å². The van der Waals surface area contributed by atoms with Crippen LogP contribution in [0.25, 0.3) is 11.1 Å². The monoisotopic (exact) mass is 2040 g/mol. The number of aliphatic hydroxyl groups excluding tert-OH is 1. The number of rotatable bonds is 23. The Morgan fingerprint density at radius 1 is 0.475 bits per heavy atom. The molecule has 141 heavy (non-hydrogen) atoms. The molecule has 1 aliphatic heterocycles. The average molecular weight is 2050 g/mol. The van der Waals surface area contributed by atoms with Gasteiger partial charge in [0.05, 0.1) is 43.7 Å². The van der Waals surface area contributed by atoms with Crippen LogP contribution in [0.15, 0.2) is 206 Å². The summed E-state index contributed by atoms with van der Waals surface area (Å²) in [6, 6.07) is 47.3. The van der Waals surface area contributed by atoms with Crippen LogP contribution < -0.4 is 11.1 Å². The molecule has 5 fully saturated rings. The second-order valence-electron chi connectivity index (χ2n) is 42.4. The third-order valence-corrected chi connectivity index (χ3v) is 27.9. The predicted molar refractivity (Wildman–Crippen MR) is 558 cm³/mol. The predicted octanol–water partition coefficient (Wildman–Crippen LogP) is 22.6. The van der Waals surface area contributed by atoms with Crippen molar-refractivity contribution >= 4 is 110 Å². The molecule has 0 radical (unpaired) electrons. The number of hydrogen-bond donors (Lipinski definition) is 4. The summed E-state index contributed by atoms with van der Waals surface area (Å²) in [7, 11) is 0. The molecule has 3 heterocycles. The molecule has 2 aromatic heterocycles. The van der Waals surface area contributed by atoms with Crippen molar-refractivity contribution in [2.75, 3.05) is 30.3 Å². The molecule has 5 N–H and O–H groups in total. The van der Waals surface area contributed by atoms with Gasteiger partial charge in [-0.15, -0.1) is 23.2 Å². The average Bonchev–Trinajstić information content (AvgIpc) is 1.62. The summed E-state index contributed by atoms with van der Waals surface area (Å²) >= 11 is 12.5. The number of cyclic esters (lactones) is 2. The summed E-state index contributed by atoms with van der Waals surface area (Å²) in [6.45, 7) is 33.4. The van der Waals surface area contributed by atoms with E-state index in [4.69, 9.17) is 57.7 Å². The maximum Gasteiger partial charge on any atom is 0.326 e. The molecule has 2 amide bonds. The number of fused-ring (bicyclic) bond motifs is 10. The first-order valence-corrected chi connectivity index (χ1v) is 51.4. The molecule has 24 nitrogen and oxygen atoms in total. The number of halogens is 3. The van der Waals surface area contributed by atoms with Crippen LogP contribution in [0.1, 0.15) is 280 Å². The van der Waals surface area contributed by atoms with E-state index < -0.39 is 46.6 Å². The van der Waals surface area contributed by atoms with E-state index in [0.717, 1.165) is 79.4 Å². The van der Waals surface area contributed by atoms with Crippen LogP contribution in [0.3, 0.4) is 0 Å². The molecule has 9 aliphatic rings. The number of hydrogen-bond acceptors (Lipinski definition) is 21. The molecule has 770 valence electrons. The fourth-order valence-electron chi connectivity index (χ4n) is 21.3. The van der Waals surface area contributed by atoms with Crippen LogP contribution in [0.2, 0.25) is 0 Å². The maximum atomic E-state index is 13.3. The second kappa shape index (κ2) is 55.2. The minimum Gasteiger partial charge on any atom is -0.481 e. The number of alkyl halides is 3. The number of pyridine rings is 2. The Morgan fingerprint density at radius 2 is 0.858 bits per heavy atom. The lowest BCUT2D eigenvalue weighted by Gasteiger charge is -2.57. The fraction of sp³-hybridized carbons (Fsp3) is 0.544. The van der Waals surface area contributed by atoms with Crippen LogP contribution in [-0.4, -0.2) is 154 Å². The number of nitrogens with zero attached hydrogens (tertiary/aromatic N) is 4. The highest BCUT2D eigenvalue weighted by Gasteiger charge is 2.59. The summed E-state index contributed by atoms with van der Waals surface area (Å²) < 4.78 is 30.9. The molecule has 6 aromatic rings. The van der Waals surface area contributed by atoms with Gasteiger partial charge in [-0.2, -0.15) is 0 Å². The molecule has 1 saturated heterocycles. The van der Waals surface area contributed by atoms with E-state index in [-0.39, 0.29) is 148 Å². The zero-order chi connectivity index (χ0) is 103. The van der Waals surface area contributed by atoms with Crippen molar-refractivity contribution in [2.45, 2.75) is 307 Å². The highest BCUT2D eigenvalue weighted by Crippen LogP contribution is 2.68. The number of carboxylic acids is 1. The number of aliphatic hydroxyl groups is 1. The van der Waals surface area contributed by atoms with Gasteiger partial charge in [0.2, 0.25) is 11.8 Å². The number of carbonyl (C=O) groups excluding carboxylic acids is 9. The van der Waals surface area contributed by atoms with Crippen LogP contribution in [0.5, 0.6) is 0 Å². The first-order chi connectivity index (χ1) is 66.1. The van der Waals surface area contributed by atoms with E-state index in [1.54, 1.807) is 52.7 Å². The second-order valence-corrected chi connectivity index (χ2v) is 43.8. The zero-order valence-electron chi connectivity index (χ0n) is 85.0. The normalized spacial score (nSPS) is 23.6. The van der Waals surface area contributed by atoms with Gasteiger partial charge < -0.3 is 59.5 Å². The van der Waals surface area contributed by atoms with Crippen LogP contribution in [0, 0.1) is 57.2 Å². The molecule has 0 bridgehead atoms. The highest BCUT2D eigenvalue weighted by molar-refractivity contribution is 9.09. The summed E-state index contributed by atoms with van der Waals surface area (Å²) in [6.07, 6.45) is 33.1. The van der Waals surface area contributed by atoms with E-state index in [2.05, 4.69) is 106 Å². The van der Waals surface area contributed by atoms with Gasteiger partial charge in [0.25, 0.3) is 0 Å². The Hall–Kier alpha value is -10.0. The Bertz CT molecular complexity index is 5140. The van der Waals surface area contributed by atoms with Gasteiger partial charge in [-0.05, 0) is 280 Å². The largest absolute Gasteiger partial charge is 0.481 e. The van der Waals surface area contributed by atoms with E-state index in [0.29, 0.717) is 41.7 Å². The molecule has 15 rings (SSSR count). The van der Waals surface area contributed by atoms with Crippen molar-refractivity contribution in [3.63, 3.8) is 0 Å². The maximum absolute atomic E-state index is 13.3. The number of esters is 7. The molecule has 27 heteroatoms. The Kier molecular flexibility index (Phi) is 46.1. The topological polar surface area (TPSA) is 337 Å². The Balaban J connectivity index is 0.000000246. The van der Waals surface area contributed by atoms with Crippen molar-refractivity contribution < 1.29 is 86.6 Å². The summed E-state index contributed by atoms with van der Waals surface area (Å²) in [4.78, 5) is 127. The number of allylic oxidation sites excluding steroid dienone is 6. The van der Waals surface area contributed by atoms with Crippen molar-refractivity contribution in [1.29, 1.82) is 0 Å². The molecule has 0 unspecified atom stereocenters. The van der Waals surface area contributed by atoms with Gasteiger partial charge in [-0.1, -0.05) is 220 Å². The van der Waals surface area contributed by atoms with Gasteiger partial charge >= 0.3 is 47.8 Å². The third-order valence-electron chi connectivity index (χ3n) is 27.5. The van der Waals surface area contributed by atoms with Crippen molar-refractivity contribution in [1.82, 2.24) is 25.1 Å². The van der Waals surface area contributed by atoms with Gasteiger partial charge in [0, 0.05) is 70.2 Å². The first-order valence-electron chi connectivity index (χ1n) is 49.2. The van der Waals surface area contributed by atoms with E-state index in [9.17, 15) is 53.1 Å². The number of nitrogens with one attached hydrogen (secondary N) is 1. The van der Waals surface area contributed by atoms with Gasteiger partial charge in [0.1, 0.15) is 46.9 Å². The highest BCUT2D eigenvalue weighted by atomic mass is 79.9. The van der Waals surface area contributed by atoms with E-state index in [1.807, 2.05) is 194 Å². The number of aromatic nitrogens is 2. The fourth-order valence-corrected chi connectivity index (χ4v) is 21.4. The lowest BCUT2D eigenvalue weighted by molar-refractivity contribution is -0.160. The Labute approximate surface area is 855 Å². The minimum absolute atomic E-state index is 0. The standard InChI is InChI=1S/C41H52N2O5.C24H31NO.C17H23NO5.C13H19NO2.C7H9N.C6H11BrO2.C4H4O3.CH2Cl2.CH4/c1-39(2,3)48-38(46)27-43(26-28-10-7-6-8-11-28)36(44)17-18-37(45)47-31-19-21-40(4)30(24-31)13-14-32-34-16-15-33(29-12-9-23-42-25-29)41(34,5)22-20-35(32)40;1-23-11-9-18(26)14-17(23)5-6-19-21-8-7-20(16-4-3-13-25-15-16)24(21,2)12-10-22(19)23;1-17(2,3)23-16(22)12-18(14(19)9-10-15(20)21)11-13-7-5-4-6-8-13;1-13(2,3)16-12(15)10-14-9-11-7-5-4-6-8-11;8-6-7-4-2-1-3-5-7;1-6(2,3)9-5(8)4-7;5-3-1-2-4(6)7-3;2-1-3;/h6-13,15,23,25,31-32,34-35H,14,16-22,24,26-27H2,1-5H3;3-5,7,13,15,18-19,21-22,26H,6,8-12,14H2,1-2H3;4-8H,9-12H2,1-3H3,(H,20,21);4-8,14H,9-10H2,1-3H3;1-5H,6,8H2;4H2,1-3H3;1-2H2;1H2;1H4/t31-,32-,34-,35-,40-,41+;18-,19-,21-,22-,23-,24+;;;;;;;/m00......./s1. The third kappa shape index (κ3) is 37.3. The van der Waals surface area contributed by atoms with Crippen LogP contribution in [0.4, 0.5) is 0 Å². The summed E-state index contributed by atoms with van der Waals surface area (Å²) in [5, 5.41) is 22.4. The molecule has 4 saturated carbocycles. The zero-order valence-corrected chi connectivity index (χ0v) is 88.1. The summed E-state index contributed by atoms with van der Waals surface area (Å²) in [5.41, 5.74) is 17.0. The number of ether oxygens (including phenoxy) is 6. The lowest BCUT2D eigenvalue weighted by atomic mass is 9.47. The van der Waals surface area contributed by atoms with Crippen LogP contribution in [-0.2, 0) is 103 Å². The van der Waals surface area contributed by atoms with Crippen molar-refractivity contribution in [3.05, 3.63) is 239 Å². The van der Waals surface area contributed by atoms with E-state index in [1.165, 1.54) is 82.6 Å². The number of amides is 2. The molecular formula is C114H155BrCl2N6O18. The van der Waals surface area contributed by atoms with Crippen LogP contribution >= 0.6 is 39.1 Å². The van der Waals surface area contributed by atoms with Gasteiger partial charge in [-0.25, -0.2) is 0 Å². The lowest BCUT2D eigenvalue weighted by Crippen LogP contribution is -2.50. The molecule has 0 spiro atoms. The minimum atomic E-state index is -1.05. The number of aliphatic carboxylic acids is 1. The number of carbonyl (C=O) groups is 10. The van der Waals surface area contributed by atoms with Gasteiger partial charge in [0.15, 0.2) is 0 Å². The quantitative estimate of drug-likeness (QED) is 0.0152. The van der Waals surface area contributed by atoms with Crippen molar-refractivity contribution in [3.8, 4) is 0 Å². The molecule has 12 atom stereocenters. The number of benzene rings is 4. The molecular weight excluding hydrogens is 1890 g/mol. The van der Waals surface area contributed by atoms with Gasteiger partial charge in [-0.3, -0.25) is 57.9 Å². The summed E-state index contributed by atoms with van der Waals surface area (Å²) in [5.74, 6) is 0.0352. The SMILES string of the molecule is C.CC(C)(C)OC(=O)CBr.CC(C)(C)OC(=O)CN(Cc1ccccc1)C(=O)CCC(=O)O.CC(C)(C)OC(=O)CN(Cc1ccccc1)C(=O)CCC(=O)O[C@H]1CC[C@@]2(C)C(=CC[C@@H]3[C@@H]2CC[C@]2(C)C(c4cccnc4)=CC[C@@H]32)C1.CC(C)(C)OC(=O)CNCc1ccccc1.C[C@]12CC[C@H](O)CC1=CC[C@@H]1[C@@H]2CC[C@]2(C)C(c3cccnc3)=CC[C@@H]12.ClCCl.NCc1ccccc1.O=C1CCC(=O)O1.